The Morgan fingerprint density at radius 2 is 2.22 bits per heavy atom. The van der Waals surface area contributed by atoms with Gasteiger partial charge in [0, 0.05) is 17.8 Å². The van der Waals surface area contributed by atoms with Gasteiger partial charge >= 0.3 is 0 Å². The molecule has 3 nitrogen and oxygen atoms in total. The Bertz CT molecular complexity index is 118. The van der Waals surface area contributed by atoms with Crippen LogP contribution >= 0.6 is 0 Å². The fraction of sp³-hybridized carbons (Fsp3) is 1.00. The molecule has 0 atom stereocenters. The number of nitrogens with zero attached hydrogens (tertiary/aromatic N) is 1. The van der Waals surface area contributed by atoms with Crippen molar-refractivity contribution in [2.45, 2.75) is 32.2 Å². The Labute approximate surface area is 54.2 Å². The van der Waals surface area contributed by atoms with Gasteiger partial charge in [0.1, 0.15) is 0 Å². The summed E-state index contributed by atoms with van der Waals surface area (Å²) in [4.78, 5) is 9.89. The molecule has 0 amide bonds. The maximum Gasteiger partial charge on any atom is 0.213 e. The molecule has 0 aliphatic heterocycles. The highest BCUT2D eigenvalue weighted by atomic mass is 16.6. The third-order valence-electron chi connectivity index (χ3n) is 2.09. The lowest BCUT2D eigenvalue weighted by Crippen LogP contribution is -2.34. The molecule has 0 unspecified atom stereocenters. The molecular formula is C6H11NO2. The molecule has 0 N–H and O–H groups in total. The van der Waals surface area contributed by atoms with E-state index in [0.717, 1.165) is 19.3 Å². The van der Waals surface area contributed by atoms with Gasteiger partial charge in [-0.2, -0.15) is 0 Å². The molecule has 52 valence electrons. The molecule has 0 spiro atoms. The standard InChI is InChI=1S/C6H11NO2/c1-2-5-3-6(4-5)7(8)9/h5-6H,2-4H2,1H3. The van der Waals surface area contributed by atoms with E-state index in [0.29, 0.717) is 5.92 Å². The molecule has 1 saturated carbocycles. The zero-order valence-electron chi connectivity index (χ0n) is 5.54. The highest BCUT2D eigenvalue weighted by molar-refractivity contribution is 4.77. The van der Waals surface area contributed by atoms with E-state index in [-0.39, 0.29) is 11.0 Å². The fourth-order valence-corrected chi connectivity index (χ4v) is 1.21. The largest absolute Gasteiger partial charge is 0.264 e. The van der Waals surface area contributed by atoms with E-state index in [9.17, 15) is 10.1 Å². The third-order valence-corrected chi connectivity index (χ3v) is 2.09. The molecule has 1 aliphatic carbocycles. The van der Waals surface area contributed by atoms with Crippen molar-refractivity contribution in [2.24, 2.45) is 5.92 Å². The van der Waals surface area contributed by atoms with Crippen molar-refractivity contribution in [1.82, 2.24) is 0 Å². The van der Waals surface area contributed by atoms with Crippen LogP contribution in [0.25, 0.3) is 0 Å². The van der Waals surface area contributed by atoms with Crippen LogP contribution in [0.5, 0.6) is 0 Å². The van der Waals surface area contributed by atoms with Crippen LogP contribution in [0.2, 0.25) is 0 Å². The summed E-state index contributed by atoms with van der Waals surface area (Å²) in [5, 5.41) is 10.0. The molecule has 3 heteroatoms. The summed E-state index contributed by atoms with van der Waals surface area (Å²) in [5.74, 6) is 0.639. The minimum Gasteiger partial charge on any atom is -0.264 e. The summed E-state index contributed by atoms with van der Waals surface area (Å²) in [6.07, 6.45) is 2.72. The van der Waals surface area contributed by atoms with E-state index in [1.54, 1.807) is 0 Å². The van der Waals surface area contributed by atoms with Gasteiger partial charge in [0.25, 0.3) is 0 Å². The molecule has 0 radical (unpaired) electrons. The average molecular weight is 129 g/mol. The van der Waals surface area contributed by atoms with Crippen LogP contribution < -0.4 is 0 Å². The lowest BCUT2D eigenvalue weighted by molar-refractivity contribution is -0.540. The average Bonchev–Trinajstić information content (AvgIpc) is 1.61. The summed E-state index contributed by atoms with van der Waals surface area (Å²) >= 11 is 0. The van der Waals surface area contributed by atoms with Crippen molar-refractivity contribution < 1.29 is 4.92 Å². The molecule has 0 heterocycles. The van der Waals surface area contributed by atoms with Gasteiger partial charge in [-0.15, -0.1) is 0 Å². The third kappa shape index (κ3) is 1.20. The van der Waals surface area contributed by atoms with Crippen LogP contribution in [0.15, 0.2) is 0 Å². The van der Waals surface area contributed by atoms with Gasteiger partial charge in [0.05, 0.1) is 0 Å². The SMILES string of the molecule is CCC1CC([N+](=O)[O-])C1. The number of rotatable bonds is 2. The predicted molar refractivity (Wildman–Crippen MR) is 33.8 cm³/mol. The molecule has 0 bridgehead atoms. The Balaban J connectivity index is 2.19. The highest BCUT2D eigenvalue weighted by Gasteiger charge is 2.36. The molecular weight excluding hydrogens is 118 g/mol. The van der Waals surface area contributed by atoms with Crippen molar-refractivity contribution >= 4 is 0 Å². The Kier molecular flexibility index (Phi) is 1.69. The normalized spacial score (nSPS) is 33.4. The van der Waals surface area contributed by atoms with E-state index in [2.05, 4.69) is 6.92 Å². The van der Waals surface area contributed by atoms with Crippen molar-refractivity contribution in [3.63, 3.8) is 0 Å². The lowest BCUT2D eigenvalue weighted by Gasteiger charge is -2.27. The Morgan fingerprint density at radius 1 is 1.67 bits per heavy atom. The second-order valence-electron chi connectivity index (χ2n) is 2.68. The summed E-state index contributed by atoms with van der Waals surface area (Å²) in [6.45, 7) is 2.08. The lowest BCUT2D eigenvalue weighted by atomic mass is 9.79. The van der Waals surface area contributed by atoms with Crippen molar-refractivity contribution in [3.8, 4) is 0 Å². The first-order valence-electron chi connectivity index (χ1n) is 3.37. The van der Waals surface area contributed by atoms with Gasteiger partial charge in [-0.25, -0.2) is 0 Å². The monoisotopic (exact) mass is 129 g/mol. The summed E-state index contributed by atoms with van der Waals surface area (Å²) in [5.41, 5.74) is 0. The van der Waals surface area contributed by atoms with Crippen LogP contribution in [0.3, 0.4) is 0 Å². The Hall–Kier alpha value is -0.600. The smallest absolute Gasteiger partial charge is 0.213 e. The maximum absolute atomic E-state index is 10.0. The van der Waals surface area contributed by atoms with Gasteiger partial charge in [0.2, 0.25) is 6.04 Å². The molecule has 1 aliphatic rings. The fourth-order valence-electron chi connectivity index (χ4n) is 1.21. The summed E-state index contributed by atoms with van der Waals surface area (Å²) in [7, 11) is 0. The van der Waals surface area contributed by atoms with Crippen LogP contribution in [-0.4, -0.2) is 11.0 Å². The summed E-state index contributed by atoms with van der Waals surface area (Å²) < 4.78 is 0. The summed E-state index contributed by atoms with van der Waals surface area (Å²) in [6, 6.07) is -0.213. The van der Waals surface area contributed by atoms with Crippen molar-refractivity contribution in [2.75, 3.05) is 0 Å². The quantitative estimate of drug-likeness (QED) is 0.418. The van der Waals surface area contributed by atoms with Crippen LogP contribution in [0.1, 0.15) is 26.2 Å². The van der Waals surface area contributed by atoms with Crippen LogP contribution in [0.4, 0.5) is 0 Å². The predicted octanol–water partition coefficient (Wildman–Crippen LogP) is 1.45. The Morgan fingerprint density at radius 3 is 2.56 bits per heavy atom. The second kappa shape index (κ2) is 2.33. The van der Waals surface area contributed by atoms with Crippen molar-refractivity contribution in [3.05, 3.63) is 10.1 Å². The van der Waals surface area contributed by atoms with Gasteiger partial charge < -0.3 is 0 Å². The van der Waals surface area contributed by atoms with Gasteiger partial charge in [0.15, 0.2) is 0 Å². The number of hydrogen-bond acceptors (Lipinski definition) is 2. The van der Waals surface area contributed by atoms with Crippen molar-refractivity contribution in [1.29, 1.82) is 0 Å². The van der Waals surface area contributed by atoms with Gasteiger partial charge in [-0.3, -0.25) is 10.1 Å². The molecule has 0 aromatic carbocycles. The first-order chi connectivity index (χ1) is 4.24. The first-order valence-corrected chi connectivity index (χ1v) is 3.37. The van der Waals surface area contributed by atoms with Gasteiger partial charge in [-0.1, -0.05) is 13.3 Å². The molecule has 1 rings (SSSR count). The molecule has 0 aromatic heterocycles. The second-order valence-corrected chi connectivity index (χ2v) is 2.68. The van der Waals surface area contributed by atoms with Crippen LogP contribution in [0, 0.1) is 16.0 Å². The molecule has 1 fully saturated rings. The van der Waals surface area contributed by atoms with E-state index in [1.165, 1.54) is 0 Å². The van der Waals surface area contributed by atoms with E-state index in [1.807, 2.05) is 0 Å². The van der Waals surface area contributed by atoms with E-state index >= 15 is 0 Å². The van der Waals surface area contributed by atoms with Gasteiger partial charge in [-0.05, 0) is 5.92 Å². The zero-order chi connectivity index (χ0) is 6.85. The molecule has 9 heavy (non-hydrogen) atoms. The number of hydrogen-bond donors (Lipinski definition) is 0. The topological polar surface area (TPSA) is 43.1 Å². The first kappa shape index (κ1) is 6.52. The zero-order valence-corrected chi connectivity index (χ0v) is 5.54. The van der Waals surface area contributed by atoms with Crippen LogP contribution in [-0.2, 0) is 0 Å². The van der Waals surface area contributed by atoms with E-state index in [4.69, 9.17) is 0 Å². The highest BCUT2D eigenvalue weighted by Crippen LogP contribution is 2.31. The minimum atomic E-state index is -0.213. The van der Waals surface area contributed by atoms with E-state index < -0.39 is 0 Å². The maximum atomic E-state index is 10.0. The minimum absolute atomic E-state index is 0.161. The number of nitro groups is 1. The molecule has 0 saturated heterocycles. The molecule has 0 aromatic rings.